The summed E-state index contributed by atoms with van der Waals surface area (Å²) >= 11 is 0. The minimum atomic E-state index is -0.263. The van der Waals surface area contributed by atoms with E-state index in [0.29, 0.717) is 13.0 Å². The van der Waals surface area contributed by atoms with Gasteiger partial charge in [-0.05, 0) is 32.6 Å². The van der Waals surface area contributed by atoms with E-state index in [4.69, 9.17) is 4.74 Å². The Bertz CT molecular complexity index is 242. The van der Waals surface area contributed by atoms with Crippen LogP contribution in [0.2, 0.25) is 0 Å². The first-order valence-electron chi connectivity index (χ1n) is 6.10. The lowest BCUT2D eigenvalue weighted by Crippen LogP contribution is -2.45. The van der Waals surface area contributed by atoms with Crippen molar-refractivity contribution in [2.45, 2.75) is 58.1 Å². The Morgan fingerprint density at radius 2 is 2.31 bits per heavy atom. The number of ether oxygens (including phenoxy) is 1. The number of carbonyl (C=O) groups excluding carboxylic acids is 2. The van der Waals surface area contributed by atoms with Crippen molar-refractivity contribution in [1.82, 2.24) is 4.90 Å². The molecule has 0 radical (unpaired) electrons. The molecule has 1 aliphatic rings. The van der Waals surface area contributed by atoms with Gasteiger partial charge in [-0.1, -0.05) is 6.92 Å². The van der Waals surface area contributed by atoms with Crippen LogP contribution in [0.4, 0.5) is 4.79 Å². The zero-order valence-corrected chi connectivity index (χ0v) is 10.1. The van der Waals surface area contributed by atoms with Crippen LogP contribution in [0.25, 0.3) is 0 Å². The number of likely N-dealkylation sites (tertiary alicyclic amines) is 1. The van der Waals surface area contributed by atoms with Gasteiger partial charge in [0.2, 0.25) is 0 Å². The molecule has 1 heterocycles. The molecule has 1 amide bonds. The van der Waals surface area contributed by atoms with E-state index in [2.05, 4.69) is 0 Å². The van der Waals surface area contributed by atoms with Crippen LogP contribution in [-0.2, 0) is 9.53 Å². The molecular weight excluding hydrogens is 206 g/mol. The largest absolute Gasteiger partial charge is 0.446 e. The Balaban J connectivity index is 2.53. The summed E-state index contributed by atoms with van der Waals surface area (Å²) in [5, 5.41) is 0. The molecule has 1 saturated heterocycles. The van der Waals surface area contributed by atoms with Crippen LogP contribution in [0, 0.1) is 0 Å². The van der Waals surface area contributed by atoms with Crippen molar-refractivity contribution in [1.29, 1.82) is 0 Å². The van der Waals surface area contributed by atoms with Gasteiger partial charge in [0.1, 0.15) is 12.4 Å². The molecule has 0 aliphatic carbocycles. The van der Waals surface area contributed by atoms with E-state index in [9.17, 15) is 9.59 Å². The molecule has 0 aromatic carbocycles. The van der Waals surface area contributed by atoms with Crippen molar-refractivity contribution in [2.75, 3.05) is 6.54 Å². The van der Waals surface area contributed by atoms with Gasteiger partial charge in [0.25, 0.3) is 0 Å². The van der Waals surface area contributed by atoms with Crippen LogP contribution in [0.15, 0.2) is 0 Å². The van der Waals surface area contributed by atoms with E-state index in [-0.39, 0.29) is 18.2 Å². The number of hydrogen-bond donors (Lipinski definition) is 0. The van der Waals surface area contributed by atoms with Crippen molar-refractivity contribution >= 4 is 12.4 Å². The molecule has 1 rings (SSSR count). The summed E-state index contributed by atoms with van der Waals surface area (Å²) in [6.45, 7) is 4.58. The molecule has 0 spiro atoms. The second kappa shape index (κ2) is 6.51. The van der Waals surface area contributed by atoms with Gasteiger partial charge in [-0.25, -0.2) is 4.79 Å². The van der Waals surface area contributed by atoms with E-state index in [1.54, 1.807) is 4.90 Å². The Kier molecular flexibility index (Phi) is 5.29. The number of piperidine rings is 1. The lowest BCUT2D eigenvalue weighted by atomic mass is 10.0. The van der Waals surface area contributed by atoms with Gasteiger partial charge in [0.15, 0.2) is 0 Å². The zero-order chi connectivity index (χ0) is 12.0. The third kappa shape index (κ3) is 3.51. The molecule has 0 bridgehead atoms. The van der Waals surface area contributed by atoms with Gasteiger partial charge < -0.3 is 14.4 Å². The molecule has 92 valence electrons. The fourth-order valence-corrected chi connectivity index (χ4v) is 1.92. The normalized spacial score (nSPS) is 22.6. The lowest BCUT2D eigenvalue weighted by molar-refractivity contribution is -0.109. The summed E-state index contributed by atoms with van der Waals surface area (Å²) in [5.41, 5.74) is 0. The quantitative estimate of drug-likeness (QED) is 0.693. The van der Waals surface area contributed by atoms with E-state index >= 15 is 0 Å². The van der Waals surface area contributed by atoms with Crippen LogP contribution in [-0.4, -0.2) is 36.0 Å². The van der Waals surface area contributed by atoms with Crippen LogP contribution in [0.3, 0.4) is 0 Å². The first kappa shape index (κ1) is 13.0. The van der Waals surface area contributed by atoms with Gasteiger partial charge in [0.05, 0.1) is 0 Å². The highest BCUT2D eigenvalue weighted by Gasteiger charge is 2.28. The summed E-state index contributed by atoms with van der Waals surface area (Å²) in [7, 11) is 0. The van der Waals surface area contributed by atoms with Gasteiger partial charge in [-0.15, -0.1) is 0 Å². The number of rotatable bonds is 4. The monoisotopic (exact) mass is 227 g/mol. The van der Waals surface area contributed by atoms with Crippen LogP contribution >= 0.6 is 0 Å². The van der Waals surface area contributed by atoms with Crippen molar-refractivity contribution in [3.05, 3.63) is 0 Å². The lowest BCUT2D eigenvalue weighted by Gasteiger charge is -2.34. The predicted molar refractivity (Wildman–Crippen MR) is 61.3 cm³/mol. The van der Waals surface area contributed by atoms with E-state index in [1.807, 2.05) is 13.8 Å². The smallest absolute Gasteiger partial charge is 0.410 e. The second-order valence-corrected chi connectivity index (χ2v) is 4.35. The van der Waals surface area contributed by atoms with E-state index in [0.717, 1.165) is 32.0 Å². The van der Waals surface area contributed by atoms with Crippen LogP contribution in [0.1, 0.15) is 46.0 Å². The number of carbonyl (C=O) groups is 2. The molecule has 1 fully saturated rings. The number of nitrogens with zero attached hydrogens (tertiary/aromatic N) is 1. The molecule has 2 atom stereocenters. The molecule has 0 saturated carbocycles. The Morgan fingerprint density at radius 3 is 2.94 bits per heavy atom. The molecule has 2 unspecified atom stereocenters. The Morgan fingerprint density at radius 1 is 1.56 bits per heavy atom. The van der Waals surface area contributed by atoms with E-state index in [1.165, 1.54) is 0 Å². The molecular formula is C12H21NO3. The average molecular weight is 227 g/mol. The molecule has 4 nitrogen and oxygen atoms in total. The minimum absolute atomic E-state index is 0.0443. The highest BCUT2D eigenvalue weighted by Crippen LogP contribution is 2.20. The molecule has 16 heavy (non-hydrogen) atoms. The molecule has 4 heteroatoms. The van der Waals surface area contributed by atoms with Gasteiger partial charge in [-0.3, -0.25) is 0 Å². The van der Waals surface area contributed by atoms with Gasteiger partial charge in [0, 0.05) is 19.0 Å². The maximum Gasteiger partial charge on any atom is 0.410 e. The van der Waals surface area contributed by atoms with Gasteiger partial charge in [-0.2, -0.15) is 0 Å². The number of amides is 1. The average Bonchev–Trinajstić information content (AvgIpc) is 2.30. The summed E-state index contributed by atoms with van der Waals surface area (Å²) in [6, 6.07) is 0.0443. The van der Waals surface area contributed by atoms with Crippen molar-refractivity contribution in [3.63, 3.8) is 0 Å². The molecule has 1 aliphatic heterocycles. The SMILES string of the molecule is CCC(C)OC(=O)N1CCCCC1CC=O. The Labute approximate surface area is 96.9 Å². The highest BCUT2D eigenvalue weighted by atomic mass is 16.6. The Hall–Kier alpha value is -1.06. The zero-order valence-electron chi connectivity index (χ0n) is 10.1. The number of hydrogen-bond acceptors (Lipinski definition) is 3. The fourth-order valence-electron chi connectivity index (χ4n) is 1.92. The van der Waals surface area contributed by atoms with Gasteiger partial charge >= 0.3 is 6.09 Å². The molecule has 0 N–H and O–H groups in total. The summed E-state index contributed by atoms with van der Waals surface area (Å²) < 4.78 is 5.29. The third-order valence-electron chi connectivity index (χ3n) is 3.11. The van der Waals surface area contributed by atoms with Crippen molar-refractivity contribution < 1.29 is 14.3 Å². The minimum Gasteiger partial charge on any atom is -0.446 e. The standard InChI is InChI=1S/C12H21NO3/c1-3-10(2)16-12(15)13-8-5-4-6-11(13)7-9-14/h9-11H,3-8H2,1-2H3. The summed E-state index contributed by atoms with van der Waals surface area (Å²) in [5.74, 6) is 0. The molecule has 0 aromatic heterocycles. The van der Waals surface area contributed by atoms with Crippen molar-refractivity contribution in [3.8, 4) is 0 Å². The fraction of sp³-hybridized carbons (Fsp3) is 0.833. The first-order chi connectivity index (χ1) is 7.69. The number of aldehydes is 1. The second-order valence-electron chi connectivity index (χ2n) is 4.35. The maximum atomic E-state index is 11.8. The first-order valence-corrected chi connectivity index (χ1v) is 6.10. The maximum absolute atomic E-state index is 11.8. The van der Waals surface area contributed by atoms with Crippen LogP contribution in [0.5, 0.6) is 0 Å². The predicted octanol–water partition coefficient (Wildman–Crippen LogP) is 2.37. The van der Waals surface area contributed by atoms with E-state index < -0.39 is 0 Å². The summed E-state index contributed by atoms with van der Waals surface area (Å²) in [4.78, 5) is 24.1. The van der Waals surface area contributed by atoms with Crippen LogP contribution < -0.4 is 0 Å². The van der Waals surface area contributed by atoms with Crippen molar-refractivity contribution in [2.24, 2.45) is 0 Å². The third-order valence-corrected chi connectivity index (χ3v) is 3.11. The topological polar surface area (TPSA) is 46.6 Å². The summed E-state index contributed by atoms with van der Waals surface area (Å²) in [6.07, 6.45) is 4.82. The molecule has 0 aromatic rings. The highest BCUT2D eigenvalue weighted by molar-refractivity contribution is 5.69.